The number of aryl methyl sites for hydroxylation is 1. The van der Waals surface area contributed by atoms with Crippen molar-refractivity contribution in [2.24, 2.45) is 0 Å². The Bertz CT molecular complexity index is 952. The van der Waals surface area contributed by atoms with Crippen molar-refractivity contribution in [1.82, 2.24) is 25.1 Å². The van der Waals surface area contributed by atoms with Crippen molar-refractivity contribution in [1.29, 1.82) is 0 Å². The third kappa shape index (κ3) is 4.34. The number of piperazine rings is 1. The zero-order chi connectivity index (χ0) is 20.9. The average molecular weight is 410 g/mol. The summed E-state index contributed by atoms with van der Waals surface area (Å²) in [5.74, 6) is 0.625. The van der Waals surface area contributed by atoms with Gasteiger partial charge in [-0.3, -0.25) is 4.90 Å². The summed E-state index contributed by atoms with van der Waals surface area (Å²) in [5.41, 5.74) is 3.02. The summed E-state index contributed by atoms with van der Waals surface area (Å²) in [7, 11) is 1.67. The number of halogens is 1. The second-order valence-corrected chi connectivity index (χ2v) is 7.54. The van der Waals surface area contributed by atoms with Crippen LogP contribution in [0, 0.1) is 12.7 Å². The molecule has 0 N–H and O–H groups in total. The van der Waals surface area contributed by atoms with Gasteiger partial charge in [0.2, 0.25) is 0 Å². The molecule has 30 heavy (non-hydrogen) atoms. The number of methoxy groups -OCH3 is 1. The van der Waals surface area contributed by atoms with E-state index in [1.807, 2.05) is 16.8 Å². The van der Waals surface area contributed by atoms with E-state index in [9.17, 15) is 4.39 Å². The van der Waals surface area contributed by atoms with Gasteiger partial charge >= 0.3 is 0 Å². The van der Waals surface area contributed by atoms with Crippen LogP contribution in [0.2, 0.25) is 0 Å². The smallest absolute Gasteiger partial charge is 0.173 e. The van der Waals surface area contributed by atoms with Gasteiger partial charge in [0.25, 0.3) is 0 Å². The third-order valence-corrected chi connectivity index (χ3v) is 5.58. The maximum atomic E-state index is 14.2. The van der Waals surface area contributed by atoms with Crippen LogP contribution in [-0.2, 0) is 11.3 Å². The highest BCUT2D eigenvalue weighted by Gasteiger charge is 2.31. The zero-order valence-electron chi connectivity index (χ0n) is 17.4. The first-order valence-corrected chi connectivity index (χ1v) is 10.2. The highest BCUT2D eigenvalue weighted by Crippen LogP contribution is 2.30. The Labute approximate surface area is 176 Å². The molecule has 1 saturated heterocycles. The lowest BCUT2D eigenvalue weighted by molar-refractivity contribution is 0.171. The van der Waals surface area contributed by atoms with Gasteiger partial charge in [-0.1, -0.05) is 42.0 Å². The number of rotatable bonds is 7. The monoisotopic (exact) mass is 410 g/mol. The highest BCUT2D eigenvalue weighted by atomic mass is 19.1. The lowest BCUT2D eigenvalue weighted by Crippen LogP contribution is -2.48. The Kier molecular flexibility index (Phi) is 6.35. The molecule has 1 aromatic heterocycles. The Hall–Kier alpha value is -2.84. The van der Waals surface area contributed by atoms with E-state index in [-0.39, 0.29) is 11.9 Å². The van der Waals surface area contributed by atoms with E-state index in [0.717, 1.165) is 37.6 Å². The van der Waals surface area contributed by atoms with Gasteiger partial charge < -0.3 is 9.64 Å². The van der Waals surface area contributed by atoms with Gasteiger partial charge in [0.1, 0.15) is 5.82 Å². The minimum atomic E-state index is -0.176. The number of hydrogen-bond acceptors (Lipinski definition) is 6. The van der Waals surface area contributed by atoms with Crippen LogP contribution in [0.4, 0.5) is 10.1 Å². The van der Waals surface area contributed by atoms with Crippen LogP contribution in [-0.4, -0.2) is 65.0 Å². The molecular weight excluding hydrogens is 383 g/mol. The first-order valence-electron chi connectivity index (χ1n) is 10.2. The number of aromatic nitrogens is 4. The van der Waals surface area contributed by atoms with Crippen LogP contribution in [0.15, 0.2) is 48.5 Å². The molecule has 0 radical (unpaired) electrons. The first kappa shape index (κ1) is 20.4. The first-order chi connectivity index (χ1) is 14.7. The molecule has 1 fully saturated rings. The molecule has 0 spiro atoms. The van der Waals surface area contributed by atoms with Gasteiger partial charge in [-0.25, -0.2) is 9.07 Å². The Balaban J connectivity index is 1.59. The fraction of sp³-hybridized carbons (Fsp3) is 0.409. The molecule has 1 aliphatic heterocycles. The molecule has 4 rings (SSSR count). The summed E-state index contributed by atoms with van der Waals surface area (Å²) in [6.45, 7) is 6.25. The van der Waals surface area contributed by atoms with Gasteiger partial charge in [-0.05, 0) is 35.0 Å². The summed E-state index contributed by atoms with van der Waals surface area (Å²) < 4.78 is 21.3. The molecule has 1 atom stereocenters. The Morgan fingerprint density at radius 3 is 2.47 bits per heavy atom. The van der Waals surface area contributed by atoms with Crippen LogP contribution in [0.3, 0.4) is 0 Å². The molecule has 0 aliphatic carbocycles. The van der Waals surface area contributed by atoms with Gasteiger partial charge in [0.05, 0.1) is 24.9 Å². The normalized spacial score (nSPS) is 16.0. The van der Waals surface area contributed by atoms with Gasteiger partial charge in [-0.15, -0.1) is 5.10 Å². The van der Waals surface area contributed by atoms with E-state index in [0.29, 0.717) is 18.8 Å². The van der Waals surface area contributed by atoms with Crippen molar-refractivity contribution in [2.75, 3.05) is 44.8 Å². The molecular formula is C22H27FN6O. The second-order valence-electron chi connectivity index (χ2n) is 7.54. The SMILES string of the molecule is COCCn1nnnc1[C@H](c1ccc(C)cc1)N1CCN(c2ccccc2F)CC1. The number of para-hydroxylation sites is 1. The van der Waals surface area contributed by atoms with Crippen LogP contribution < -0.4 is 4.90 Å². The number of ether oxygens (including phenoxy) is 1. The predicted molar refractivity (Wildman–Crippen MR) is 113 cm³/mol. The van der Waals surface area contributed by atoms with E-state index in [4.69, 9.17) is 4.74 Å². The molecule has 3 aromatic rings. The van der Waals surface area contributed by atoms with Crippen molar-refractivity contribution < 1.29 is 9.13 Å². The largest absolute Gasteiger partial charge is 0.383 e. The van der Waals surface area contributed by atoms with Crippen molar-refractivity contribution in [3.05, 3.63) is 71.3 Å². The van der Waals surface area contributed by atoms with Crippen molar-refractivity contribution >= 4 is 5.69 Å². The molecule has 2 aromatic carbocycles. The van der Waals surface area contributed by atoms with Gasteiger partial charge in [0, 0.05) is 33.3 Å². The van der Waals surface area contributed by atoms with Gasteiger partial charge in [0.15, 0.2) is 5.82 Å². The topological polar surface area (TPSA) is 59.3 Å². The summed E-state index contributed by atoms with van der Waals surface area (Å²) in [5, 5.41) is 12.5. The highest BCUT2D eigenvalue weighted by molar-refractivity contribution is 5.48. The van der Waals surface area contributed by atoms with E-state index in [2.05, 4.69) is 56.5 Å². The minimum Gasteiger partial charge on any atom is -0.383 e. The fourth-order valence-corrected chi connectivity index (χ4v) is 3.95. The Morgan fingerprint density at radius 2 is 1.77 bits per heavy atom. The number of benzene rings is 2. The number of anilines is 1. The molecule has 0 unspecified atom stereocenters. The lowest BCUT2D eigenvalue weighted by atomic mass is 10.0. The van der Waals surface area contributed by atoms with Crippen LogP contribution in [0.25, 0.3) is 0 Å². The van der Waals surface area contributed by atoms with Crippen LogP contribution in [0.1, 0.15) is 23.0 Å². The fourth-order valence-electron chi connectivity index (χ4n) is 3.95. The summed E-state index contributed by atoms with van der Waals surface area (Å²) in [6, 6.07) is 15.4. The summed E-state index contributed by atoms with van der Waals surface area (Å²) in [6.07, 6.45) is 0. The second kappa shape index (κ2) is 9.32. The van der Waals surface area contributed by atoms with E-state index >= 15 is 0 Å². The maximum Gasteiger partial charge on any atom is 0.173 e. The molecule has 7 nitrogen and oxygen atoms in total. The van der Waals surface area contributed by atoms with Crippen molar-refractivity contribution in [3.8, 4) is 0 Å². The molecule has 0 bridgehead atoms. The van der Waals surface area contributed by atoms with E-state index < -0.39 is 0 Å². The average Bonchev–Trinajstić information content (AvgIpc) is 3.23. The lowest BCUT2D eigenvalue weighted by Gasteiger charge is -2.40. The maximum absolute atomic E-state index is 14.2. The molecule has 0 amide bonds. The van der Waals surface area contributed by atoms with Crippen LogP contribution in [0.5, 0.6) is 0 Å². The predicted octanol–water partition coefficient (Wildman–Crippen LogP) is 2.68. The Morgan fingerprint density at radius 1 is 1.03 bits per heavy atom. The number of tetrazole rings is 1. The molecule has 0 saturated carbocycles. The van der Waals surface area contributed by atoms with Crippen LogP contribution >= 0.6 is 0 Å². The van der Waals surface area contributed by atoms with Gasteiger partial charge in [-0.2, -0.15) is 0 Å². The molecule has 2 heterocycles. The zero-order valence-corrected chi connectivity index (χ0v) is 17.4. The van der Waals surface area contributed by atoms with E-state index in [1.165, 1.54) is 11.6 Å². The summed E-state index contributed by atoms with van der Waals surface area (Å²) >= 11 is 0. The van der Waals surface area contributed by atoms with Crippen molar-refractivity contribution in [2.45, 2.75) is 19.5 Å². The summed E-state index contributed by atoms with van der Waals surface area (Å²) in [4.78, 5) is 4.48. The quantitative estimate of drug-likeness (QED) is 0.597. The molecule has 158 valence electrons. The molecule has 1 aliphatic rings. The van der Waals surface area contributed by atoms with Crippen molar-refractivity contribution in [3.63, 3.8) is 0 Å². The van der Waals surface area contributed by atoms with E-state index in [1.54, 1.807) is 13.2 Å². The number of nitrogens with zero attached hydrogens (tertiary/aromatic N) is 6. The minimum absolute atomic E-state index is 0.0692. The number of hydrogen-bond donors (Lipinski definition) is 0. The molecule has 8 heteroatoms. The standard InChI is InChI=1S/C22H27FN6O/c1-17-7-9-18(10-8-17)21(22-24-25-26-29(22)15-16-30-2)28-13-11-27(12-14-28)20-6-4-3-5-19(20)23/h3-10,21H,11-16H2,1-2H3/t21-/m0/s1. The third-order valence-electron chi connectivity index (χ3n) is 5.58.